The van der Waals surface area contributed by atoms with E-state index >= 15 is 0 Å². The van der Waals surface area contributed by atoms with E-state index in [9.17, 15) is 4.79 Å². The molecule has 4 nitrogen and oxygen atoms in total. The molecule has 0 spiro atoms. The highest BCUT2D eigenvalue weighted by molar-refractivity contribution is 5.72. The van der Waals surface area contributed by atoms with Gasteiger partial charge < -0.3 is 9.84 Å². The third-order valence-corrected chi connectivity index (χ3v) is 2.12. The minimum absolute atomic E-state index is 0.0824. The molecular formula is C11H21NO3. The second kappa shape index (κ2) is 7.29. The fourth-order valence-electron chi connectivity index (χ4n) is 1.28. The highest BCUT2D eigenvalue weighted by Gasteiger charge is 2.19. The van der Waals surface area contributed by atoms with E-state index in [0.29, 0.717) is 12.4 Å². The summed E-state index contributed by atoms with van der Waals surface area (Å²) in [6.07, 6.45) is 1.78. The molecule has 0 heterocycles. The molecule has 4 heteroatoms. The monoisotopic (exact) mass is 215 g/mol. The molecule has 0 fully saturated rings. The molecule has 2 atom stereocenters. The molecule has 0 aliphatic rings. The van der Waals surface area contributed by atoms with E-state index in [1.165, 1.54) is 0 Å². The van der Waals surface area contributed by atoms with Crippen molar-refractivity contribution in [1.82, 2.24) is 5.32 Å². The summed E-state index contributed by atoms with van der Waals surface area (Å²) in [6.45, 7) is 9.90. The first-order valence-corrected chi connectivity index (χ1v) is 5.33. The molecule has 15 heavy (non-hydrogen) atoms. The Kier molecular flexibility index (Phi) is 6.79. The smallest absolute Gasteiger partial charge is 0.320 e. The van der Waals surface area contributed by atoms with Gasteiger partial charge in [-0.25, -0.2) is 0 Å². The molecule has 0 aromatic carbocycles. The Labute approximate surface area is 91.3 Å². The van der Waals surface area contributed by atoms with Crippen LogP contribution in [0.2, 0.25) is 0 Å². The minimum atomic E-state index is -0.861. The molecule has 0 radical (unpaired) electrons. The SMILES string of the molecule is C=C(OCC)[C@H](CCC)N[C@@H](C)C(=O)O. The normalized spacial score (nSPS) is 14.3. The van der Waals surface area contributed by atoms with Crippen LogP contribution in [0.25, 0.3) is 0 Å². The van der Waals surface area contributed by atoms with Gasteiger partial charge in [-0.15, -0.1) is 0 Å². The van der Waals surface area contributed by atoms with Gasteiger partial charge in [0.15, 0.2) is 0 Å². The molecule has 0 aliphatic heterocycles. The predicted octanol–water partition coefficient (Wildman–Crippen LogP) is 1.77. The molecule has 0 saturated carbocycles. The Morgan fingerprint density at radius 2 is 2.13 bits per heavy atom. The van der Waals surface area contributed by atoms with E-state index in [0.717, 1.165) is 12.8 Å². The van der Waals surface area contributed by atoms with E-state index in [2.05, 4.69) is 11.9 Å². The van der Waals surface area contributed by atoms with E-state index in [1.807, 2.05) is 13.8 Å². The zero-order valence-electron chi connectivity index (χ0n) is 9.75. The van der Waals surface area contributed by atoms with Crippen molar-refractivity contribution in [3.63, 3.8) is 0 Å². The van der Waals surface area contributed by atoms with E-state index in [4.69, 9.17) is 9.84 Å². The van der Waals surface area contributed by atoms with E-state index < -0.39 is 12.0 Å². The topological polar surface area (TPSA) is 58.6 Å². The first-order valence-electron chi connectivity index (χ1n) is 5.33. The number of aliphatic carboxylic acids is 1. The number of hydrogen-bond donors (Lipinski definition) is 2. The van der Waals surface area contributed by atoms with Crippen LogP contribution in [0.1, 0.15) is 33.6 Å². The van der Waals surface area contributed by atoms with Crippen LogP contribution in [-0.2, 0) is 9.53 Å². The van der Waals surface area contributed by atoms with Gasteiger partial charge in [-0.3, -0.25) is 10.1 Å². The summed E-state index contributed by atoms with van der Waals surface area (Å²) < 4.78 is 5.29. The van der Waals surface area contributed by atoms with Crippen molar-refractivity contribution in [3.05, 3.63) is 12.3 Å². The lowest BCUT2D eigenvalue weighted by Crippen LogP contribution is -2.42. The van der Waals surface area contributed by atoms with Gasteiger partial charge in [-0.1, -0.05) is 19.9 Å². The second-order valence-corrected chi connectivity index (χ2v) is 3.47. The van der Waals surface area contributed by atoms with Crippen LogP contribution in [0.4, 0.5) is 0 Å². The van der Waals surface area contributed by atoms with Crippen LogP contribution in [0.5, 0.6) is 0 Å². The van der Waals surface area contributed by atoms with Crippen molar-refractivity contribution in [2.75, 3.05) is 6.61 Å². The predicted molar refractivity (Wildman–Crippen MR) is 59.7 cm³/mol. The molecule has 88 valence electrons. The Balaban J connectivity index is 4.25. The van der Waals surface area contributed by atoms with E-state index in [-0.39, 0.29) is 6.04 Å². The molecule has 0 amide bonds. The maximum atomic E-state index is 10.7. The fourth-order valence-corrected chi connectivity index (χ4v) is 1.28. The van der Waals surface area contributed by atoms with Crippen molar-refractivity contribution in [2.24, 2.45) is 0 Å². The fraction of sp³-hybridized carbons (Fsp3) is 0.727. The quantitative estimate of drug-likeness (QED) is 0.606. The molecule has 2 N–H and O–H groups in total. The number of carboxylic acid groups (broad SMARTS) is 1. The lowest BCUT2D eigenvalue weighted by molar-refractivity contribution is -0.139. The van der Waals surface area contributed by atoms with Gasteiger partial charge in [0.25, 0.3) is 0 Å². The molecule has 0 unspecified atom stereocenters. The molecule has 0 rings (SSSR count). The van der Waals surface area contributed by atoms with Crippen LogP contribution >= 0.6 is 0 Å². The number of hydrogen-bond acceptors (Lipinski definition) is 3. The summed E-state index contributed by atoms with van der Waals surface area (Å²) >= 11 is 0. The number of ether oxygens (including phenoxy) is 1. The second-order valence-electron chi connectivity index (χ2n) is 3.47. The summed E-state index contributed by atoms with van der Waals surface area (Å²) in [5.41, 5.74) is 0. The number of nitrogens with one attached hydrogen (secondary N) is 1. The lowest BCUT2D eigenvalue weighted by Gasteiger charge is -2.22. The van der Waals surface area contributed by atoms with Crippen molar-refractivity contribution in [3.8, 4) is 0 Å². The van der Waals surface area contributed by atoms with Crippen LogP contribution in [-0.4, -0.2) is 29.8 Å². The molecule has 0 aromatic heterocycles. The maximum Gasteiger partial charge on any atom is 0.320 e. The highest BCUT2D eigenvalue weighted by Crippen LogP contribution is 2.09. The Morgan fingerprint density at radius 3 is 2.53 bits per heavy atom. The standard InChI is InChI=1S/C11H21NO3/c1-5-7-10(9(4)15-6-2)12-8(3)11(13)14/h8,10,12H,4-7H2,1-3H3,(H,13,14)/t8-,10-/m0/s1. The van der Waals surface area contributed by atoms with Gasteiger partial charge in [0.05, 0.1) is 12.6 Å². The van der Waals surface area contributed by atoms with Gasteiger partial charge in [-0.05, 0) is 20.3 Å². The third-order valence-electron chi connectivity index (χ3n) is 2.12. The molecule has 0 aliphatic carbocycles. The van der Waals surface area contributed by atoms with Crippen LogP contribution in [0.3, 0.4) is 0 Å². The zero-order chi connectivity index (χ0) is 11.8. The van der Waals surface area contributed by atoms with Crippen LogP contribution in [0, 0.1) is 0 Å². The average molecular weight is 215 g/mol. The Morgan fingerprint density at radius 1 is 1.53 bits per heavy atom. The first kappa shape index (κ1) is 14.0. The van der Waals surface area contributed by atoms with Crippen molar-refractivity contribution >= 4 is 5.97 Å². The van der Waals surface area contributed by atoms with Crippen LogP contribution < -0.4 is 5.32 Å². The number of carboxylic acids is 1. The largest absolute Gasteiger partial charge is 0.497 e. The van der Waals surface area contributed by atoms with Gasteiger partial charge >= 0.3 is 5.97 Å². The van der Waals surface area contributed by atoms with Crippen LogP contribution in [0.15, 0.2) is 12.3 Å². The third kappa shape index (κ3) is 5.42. The molecule has 0 saturated heterocycles. The highest BCUT2D eigenvalue weighted by atomic mass is 16.5. The van der Waals surface area contributed by atoms with Gasteiger partial charge in [0.2, 0.25) is 0 Å². The summed E-state index contributed by atoms with van der Waals surface area (Å²) in [7, 11) is 0. The first-order chi connectivity index (χ1) is 7.02. The maximum absolute atomic E-state index is 10.7. The van der Waals surface area contributed by atoms with Gasteiger partial charge in [0, 0.05) is 0 Å². The molecule has 0 bridgehead atoms. The van der Waals surface area contributed by atoms with E-state index in [1.54, 1.807) is 6.92 Å². The van der Waals surface area contributed by atoms with Crippen molar-refractivity contribution in [1.29, 1.82) is 0 Å². The van der Waals surface area contributed by atoms with Gasteiger partial charge in [0.1, 0.15) is 11.8 Å². The summed E-state index contributed by atoms with van der Waals surface area (Å²) in [5, 5.41) is 11.8. The molecule has 0 aromatic rings. The summed E-state index contributed by atoms with van der Waals surface area (Å²) in [6, 6.07) is -0.667. The van der Waals surface area contributed by atoms with Gasteiger partial charge in [-0.2, -0.15) is 0 Å². The number of rotatable bonds is 8. The number of carbonyl (C=O) groups is 1. The Hall–Kier alpha value is -1.03. The minimum Gasteiger partial charge on any atom is -0.497 e. The van der Waals surface area contributed by atoms with Crippen molar-refractivity contribution in [2.45, 2.75) is 45.7 Å². The Bertz CT molecular complexity index is 216. The zero-order valence-corrected chi connectivity index (χ0v) is 9.75. The molecular weight excluding hydrogens is 194 g/mol. The summed E-state index contributed by atoms with van der Waals surface area (Å²) in [5.74, 6) is -0.243. The lowest BCUT2D eigenvalue weighted by atomic mass is 10.1. The average Bonchev–Trinajstić information content (AvgIpc) is 2.17. The summed E-state index contributed by atoms with van der Waals surface area (Å²) in [4.78, 5) is 10.7. The van der Waals surface area contributed by atoms with Crippen molar-refractivity contribution < 1.29 is 14.6 Å².